The second kappa shape index (κ2) is 11.1. The summed E-state index contributed by atoms with van der Waals surface area (Å²) in [4.78, 5) is 56.9. The first-order valence-electron chi connectivity index (χ1n) is 12.9. The molecule has 3 heterocycles. The van der Waals surface area contributed by atoms with Gasteiger partial charge in [0.1, 0.15) is 12.1 Å². The van der Waals surface area contributed by atoms with Gasteiger partial charge in [0.25, 0.3) is 5.91 Å². The predicted molar refractivity (Wildman–Crippen MR) is 144 cm³/mol. The van der Waals surface area contributed by atoms with E-state index in [4.69, 9.17) is 5.73 Å². The first-order chi connectivity index (χ1) is 17.6. The number of amides is 3. The summed E-state index contributed by atoms with van der Waals surface area (Å²) in [5.74, 6) is -0.909. The van der Waals surface area contributed by atoms with Crippen LogP contribution in [-0.4, -0.2) is 70.6 Å². The molecule has 9 heteroatoms. The van der Waals surface area contributed by atoms with Crippen LogP contribution in [0.5, 0.6) is 0 Å². The monoisotopic (exact) mass is 524 g/mol. The van der Waals surface area contributed by atoms with Gasteiger partial charge >= 0.3 is 0 Å². The summed E-state index contributed by atoms with van der Waals surface area (Å²) in [6.45, 7) is 8.05. The van der Waals surface area contributed by atoms with Crippen LogP contribution in [0.15, 0.2) is 41.8 Å². The zero-order chi connectivity index (χ0) is 26.9. The average molecular weight is 525 g/mol. The van der Waals surface area contributed by atoms with Gasteiger partial charge in [-0.05, 0) is 53.8 Å². The average Bonchev–Trinajstić information content (AvgIpc) is 3.61. The Morgan fingerprint density at radius 2 is 1.76 bits per heavy atom. The fraction of sp³-hybridized carbons (Fsp3) is 0.500. The highest BCUT2D eigenvalue weighted by atomic mass is 32.1. The van der Waals surface area contributed by atoms with Gasteiger partial charge in [0.2, 0.25) is 11.8 Å². The smallest absolute Gasteiger partial charge is 0.251 e. The van der Waals surface area contributed by atoms with Crippen molar-refractivity contribution in [3.63, 3.8) is 0 Å². The van der Waals surface area contributed by atoms with Crippen molar-refractivity contribution in [1.82, 2.24) is 15.1 Å². The second-order valence-corrected chi connectivity index (χ2v) is 11.7. The zero-order valence-electron chi connectivity index (χ0n) is 21.8. The first kappa shape index (κ1) is 27.0. The molecular formula is C28H36N4O4S. The Kier molecular flexibility index (Phi) is 8.14. The summed E-state index contributed by atoms with van der Waals surface area (Å²) in [6.07, 6.45) is 0.964. The van der Waals surface area contributed by atoms with E-state index in [2.05, 4.69) is 5.32 Å². The number of rotatable bonds is 8. The molecule has 198 valence electrons. The van der Waals surface area contributed by atoms with Crippen LogP contribution >= 0.6 is 11.3 Å². The van der Waals surface area contributed by atoms with E-state index >= 15 is 0 Å². The maximum Gasteiger partial charge on any atom is 0.251 e. The fourth-order valence-electron chi connectivity index (χ4n) is 5.20. The number of hydrogen-bond donors (Lipinski definition) is 2. The maximum atomic E-state index is 13.7. The standard InChI is InChI=1S/C28H36N4O4S/c1-16(2)14-20(30-26(34)19-9-7-18(8-10-19)23-6-5-13-37-23)27(35)31-12-11-21-25(31)22(33)15-32(21)28(36)24(29)17(3)4/h5-10,13,16-17,20-21,24-25H,11-12,14-15,29H2,1-4H3,(H,30,34). The number of benzene rings is 1. The molecule has 2 aliphatic heterocycles. The van der Waals surface area contributed by atoms with E-state index in [-0.39, 0.29) is 47.9 Å². The van der Waals surface area contributed by atoms with Gasteiger partial charge < -0.3 is 20.9 Å². The Hall–Kier alpha value is -3.04. The minimum absolute atomic E-state index is 0.0316. The summed E-state index contributed by atoms with van der Waals surface area (Å²) >= 11 is 1.63. The number of carbonyl (C=O) groups is 4. The van der Waals surface area contributed by atoms with Crippen LogP contribution in [0.25, 0.3) is 10.4 Å². The Morgan fingerprint density at radius 3 is 2.35 bits per heavy atom. The Balaban J connectivity index is 1.48. The Morgan fingerprint density at radius 1 is 1.05 bits per heavy atom. The highest BCUT2D eigenvalue weighted by Gasteiger charge is 2.52. The van der Waals surface area contributed by atoms with Gasteiger partial charge in [0.05, 0.1) is 18.6 Å². The minimum atomic E-state index is -0.765. The van der Waals surface area contributed by atoms with Crippen LogP contribution in [0.1, 0.15) is 50.9 Å². The molecule has 0 radical (unpaired) electrons. The van der Waals surface area contributed by atoms with Crippen LogP contribution < -0.4 is 11.1 Å². The first-order valence-corrected chi connectivity index (χ1v) is 13.8. The van der Waals surface area contributed by atoms with Crippen molar-refractivity contribution in [1.29, 1.82) is 0 Å². The quantitative estimate of drug-likeness (QED) is 0.551. The number of fused-ring (bicyclic) bond motifs is 1. The fourth-order valence-corrected chi connectivity index (χ4v) is 5.93. The number of nitrogens with one attached hydrogen (secondary N) is 1. The number of ketones is 1. The lowest BCUT2D eigenvalue weighted by atomic mass is 10.0. The summed E-state index contributed by atoms with van der Waals surface area (Å²) in [5, 5.41) is 4.92. The van der Waals surface area contributed by atoms with E-state index < -0.39 is 18.1 Å². The predicted octanol–water partition coefficient (Wildman–Crippen LogP) is 2.92. The third-order valence-corrected chi connectivity index (χ3v) is 8.17. The van der Waals surface area contributed by atoms with Gasteiger partial charge in [-0.15, -0.1) is 11.3 Å². The number of carbonyl (C=O) groups excluding carboxylic acids is 4. The van der Waals surface area contributed by atoms with E-state index in [1.165, 1.54) is 0 Å². The highest BCUT2D eigenvalue weighted by Crippen LogP contribution is 2.31. The van der Waals surface area contributed by atoms with Crippen molar-refractivity contribution < 1.29 is 19.2 Å². The van der Waals surface area contributed by atoms with Crippen molar-refractivity contribution in [3.8, 4) is 10.4 Å². The molecule has 2 aromatic rings. The molecule has 3 amide bonds. The lowest BCUT2D eigenvalue weighted by Crippen LogP contribution is -2.53. The van der Waals surface area contributed by atoms with E-state index in [0.29, 0.717) is 24.9 Å². The topological polar surface area (TPSA) is 113 Å². The molecule has 4 unspecified atom stereocenters. The van der Waals surface area contributed by atoms with E-state index in [1.807, 2.05) is 57.3 Å². The highest BCUT2D eigenvalue weighted by molar-refractivity contribution is 7.13. The third kappa shape index (κ3) is 5.62. The molecule has 0 spiro atoms. The van der Waals surface area contributed by atoms with Crippen LogP contribution in [0.4, 0.5) is 0 Å². The summed E-state index contributed by atoms with van der Waals surface area (Å²) in [6, 6.07) is 8.82. The summed E-state index contributed by atoms with van der Waals surface area (Å²) in [5.41, 5.74) is 7.58. The molecule has 0 saturated carbocycles. The maximum absolute atomic E-state index is 13.7. The van der Waals surface area contributed by atoms with Crippen molar-refractivity contribution >= 4 is 34.8 Å². The van der Waals surface area contributed by atoms with Crippen molar-refractivity contribution in [2.45, 2.75) is 64.7 Å². The van der Waals surface area contributed by atoms with Gasteiger partial charge in [0.15, 0.2) is 5.78 Å². The lowest BCUT2D eigenvalue weighted by Gasteiger charge is -2.29. The lowest BCUT2D eigenvalue weighted by molar-refractivity contribution is -0.138. The number of Topliss-reactive ketones (excluding diaryl/α,β-unsaturated/α-hetero) is 1. The Labute approximate surface area is 222 Å². The number of nitrogens with two attached hydrogens (primary N) is 1. The summed E-state index contributed by atoms with van der Waals surface area (Å²) < 4.78 is 0. The molecule has 8 nitrogen and oxygen atoms in total. The van der Waals surface area contributed by atoms with Crippen molar-refractivity contribution in [2.24, 2.45) is 17.6 Å². The van der Waals surface area contributed by atoms with Crippen molar-refractivity contribution in [3.05, 3.63) is 47.3 Å². The van der Waals surface area contributed by atoms with Crippen LogP contribution in [0.2, 0.25) is 0 Å². The number of nitrogens with zero attached hydrogens (tertiary/aromatic N) is 2. The molecule has 1 aromatic heterocycles. The van der Waals surface area contributed by atoms with Gasteiger partial charge in [-0.2, -0.15) is 0 Å². The van der Waals surface area contributed by atoms with Gasteiger partial charge in [-0.25, -0.2) is 0 Å². The molecule has 1 aromatic carbocycles. The molecular weight excluding hydrogens is 488 g/mol. The molecule has 0 bridgehead atoms. The van der Waals surface area contributed by atoms with E-state index in [0.717, 1.165) is 10.4 Å². The van der Waals surface area contributed by atoms with Gasteiger partial charge in [0, 0.05) is 17.0 Å². The Bertz CT molecular complexity index is 1150. The van der Waals surface area contributed by atoms with E-state index in [9.17, 15) is 19.2 Å². The zero-order valence-corrected chi connectivity index (χ0v) is 22.7. The molecule has 2 fully saturated rings. The number of hydrogen-bond acceptors (Lipinski definition) is 6. The number of likely N-dealkylation sites (tertiary alicyclic amines) is 2. The largest absolute Gasteiger partial charge is 0.340 e. The molecule has 2 aliphatic rings. The van der Waals surface area contributed by atoms with Gasteiger partial charge in [-0.1, -0.05) is 45.9 Å². The molecule has 4 rings (SSSR count). The number of thiophene rings is 1. The molecule has 2 saturated heterocycles. The molecule has 37 heavy (non-hydrogen) atoms. The molecule has 0 aliphatic carbocycles. The normalized spacial score (nSPS) is 20.9. The van der Waals surface area contributed by atoms with Crippen LogP contribution in [0.3, 0.4) is 0 Å². The minimum Gasteiger partial charge on any atom is -0.340 e. The van der Waals surface area contributed by atoms with Gasteiger partial charge in [-0.3, -0.25) is 19.2 Å². The van der Waals surface area contributed by atoms with Crippen molar-refractivity contribution in [2.75, 3.05) is 13.1 Å². The summed E-state index contributed by atoms with van der Waals surface area (Å²) in [7, 11) is 0. The van der Waals surface area contributed by atoms with Crippen LogP contribution in [-0.2, 0) is 14.4 Å². The third-order valence-electron chi connectivity index (χ3n) is 7.26. The van der Waals surface area contributed by atoms with E-state index in [1.54, 1.807) is 33.3 Å². The SMILES string of the molecule is CC(C)CC(NC(=O)c1ccc(-c2cccs2)cc1)C(=O)N1CCC2C1C(=O)CN2C(=O)C(N)C(C)C. The molecule has 3 N–H and O–H groups in total. The van der Waals surface area contributed by atoms with Crippen LogP contribution in [0, 0.1) is 11.8 Å². The second-order valence-electron chi connectivity index (χ2n) is 10.7. The molecule has 4 atom stereocenters.